The summed E-state index contributed by atoms with van der Waals surface area (Å²) in [5.41, 5.74) is 5.40. The molecule has 0 amide bonds. The molecule has 0 aliphatic heterocycles. The molecule has 0 saturated heterocycles. The summed E-state index contributed by atoms with van der Waals surface area (Å²) >= 11 is 0. The molecule has 0 bridgehead atoms. The Balaban J connectivity index is 2.99. The van der Waals surface area contributed by atoms with E-state index in [1.165, 1.54) is 0 Å². The van der Waals surface area contributed by atoms with Crippen molar-refractivity contribution in [3.05, 3.63) is 29.8 Å². The lowest BCUT2D eigenvalue weighted by Gasteiger charge is -2.32. The van der Waals surface area contributed by atoms with Crippen molar-refractivity contribution in [2.24, 2.45) is 11.7 Å². The Labute approximate surface area is 109 Å². The zero-order chi connectivity index (χ0) is 13.6. The van der Waals surface area contributed by atoms with Gasteiger partial charge < -0.3 is 20.3 Å². The molecule has 1 aromatic carbocycles. The first-order valence-electron chi connectivity index (χ1n) is 6.20. The Kier molecular flexibility index (Phi) is 5.59. The van der Waals surface area contributed by atoms with Crippen LogP contribution in [0.4, 0.5) is 0 Å². The van der Waals surface area contributed by atoms with E-state index < -0.39 is 5.60 Å². The third-order valence-electron chi connectivity index (χ3n) is 3.16. The lowest BCUT2D eigenvalue weighted by molar-refractivity contribution is -0.00406. The fourth-order valence-corrected chi connectivity index (χ4v) is 1.84. The van der Waals surface area contributed by atoms with Gasteiger partial charge in [0.05, 0.1) is 6.61 Å². The molecule has 1 rings (SSSR count). The predicted molar refractivity (Wildman–Crippen MR) is 71.6 cm³/mol. The molecule has 4 nitrogen and oxygen atoms in total. The number of ether oxygens (including phenoxy) is 2. The molecular weight excluding hydrogens is 230 g/mol. The van der Waals surface area contributed by atoms with Crippen LogP contribution in [0.25, 0.3) is 0 Å². The van der Waals surface area contributed by atoms with E-state index in [1.54, 1.807) is 7.11 Å². The van der Waals surface area contributed by atoms with Gasteiger partial charge in [0.25, 0.3) is 0 Å². The number of benzene rings is 1. The molecule has 102 valence electrons. The SMILES string of the molecule is COCCOc1ccccc1C(O)(CN)C(C)C. The van der Waals surface area contributed by atoms with Gasteiger partial charge in [-0.1, -0.05) is 32.0 Å². The second kappa shape index (κ2) is 6.73. The minimum absolute atomic E-state index is 0.00896. The number of nitrogens with two attached hydrogens (primary N) is 1. The smallest absolute Gasteiger partial charge is 0.125 e. The quantitative estimate of drug-likeness (QED) is 0.723. The van der Waals surface area contributed by atoms with Gasteiger partial charge in [0, 0.05) is 19.2 Å². The molecule has 0 fully saturated rings. The average Bonchev–Trinajstić information content (AvgIpc) is 2.38. The van der Waals surface area contributed by atoms with Crippen molar-refractivity contribution in [1.29, 1.82) is 0 Å². The summed E-state index contributed by atoms with van der Waals surface area (Å²) in [7, 11) is 1.62. The summed E-state index contributed by atoms with van der Waals surface area (Å²) in [4.78, 5) is 0. The normalized spacial score (nSPS) is 14.6. The third-order valence-corrected chi connectivity index (χ3v) is 3.16. The Morgan fingerprint density at radius 2 is 1.94 bits per heavy atom. The summed E-state index contributed by atoms with van der Waals surface area (Å²) in [6.07, 6.45) is 0. The highest BCUT2D eigenvalue weighted by molar-refractivity contribution is 5.38. The molecular formula is C14H23NO3. The van der Waals surface area contributed by atoms with Crippen LogP contribution in [0, 0.1) is 5.92 Å². The maximum Gasteiger partial charge on any atom is 0.125 e. The molecule has 0 spiro atoms. The average molecular weight is 253 g/mol. The third kappa shape index (κ3) is 3.22. The largest absolute Gasteiger partial charge is 0.491 e. The first-order valence-corrected chi connectivity index (χ1v) is 6.20. The lowest BCUT2D eigenvalue weighted by atomic mass is 9.83. The molecule has 0 aliphatic rings. The van der Waals surface area contributed by atoms with Gasteiger partial charge >= 0.3 is 0 Å². The summed E-state index contributed by atoms with van der Waals surface area (Å²) in [5, 5.41) is 10.7. The van der Waals surface area contributed by atoms with Crippen molar-refractivity contribution in [2.75, 3.05) is 26.9 Å². The predicted octanol–water partition coefficient (Wildman–Crippen LogP) is 1.51. The summed E-state index contributed by atoms with van der Waals surface area (Å²) < 4.78 is 10.6. The molecule has 0 aromatic heterocycles. The lowest BCUT2D eigenvalue weighted by Crippen LogP contribution is -2.40. The van der Waals surface area contributed by atoms with E-state index in [-0.39, 0.29) is 12.5 Å². The first kappa shape index (κ1) is 15.0. The zero-order valence-electron chi connectivity index (χ0n) is 11.3. The molecule has 1 atom stereocenters. The Bertz CT molecular complexity index is 368. The molecule has 4 heteroatoms. The molecule has 1 unspecified atom stereocenters. The van der Waals surface area contributed by atoms with Crippen molar-refractivity contribution in [3.8, 4) is 5.75 Å². The van der Waals surface area contributed by atoms with Crippen molar-refractivity contribution in [1.82, 2.24) is 0 Å². The number of hydrogen-bond acceptors (Lipinski definition) is 4. The number of rotatable bonds is 7. The van der Waals surface area contributed by atoms with Gasteiger partial charge in [0.2, 0.25) is 0 Å². The van der Waals surface area contributed by atoms with Crippen LogP contribution in [0.15, 0.2) is 24.3 Å². The van der Waals surface area contributed by atoms with Crippen LogP contribution in [0.3, 0.4) is 0 Å². The van der Waals surface area contributed by atoms with Gasteiger partial charge in [-0.2, -0.15) is 0 Å². The monoisotopic (exact) mass is 253 g/mol. The van der Waals surface area contributed by atoms with E-state index in [4.69, 9.17) is 15.2 Å². The number of methoxy groups -OCH3 is 1. The van der Waals surface area contributed by atoms with Gasteiger partial charge in [-0.3, -0.25) is 0 Å². The van der Waals surface area contributed by atoms with E-state index in [0.29, 0.717) is 19.0 Å². The van der Waals surface area contributed by atoms with E-state index in [9.17, 15) is 5.11 Å². The van der Waals surface area contributed by atoms with E-state index >= 15 is 0 Å². The summed E-state index contributed by atoms with van der Waals surface area (Å²) in [6.45, 7) is 5.01. The van der Waals surface area contributed by atoms with Gasteiger partial charge in [0.1, 0.15) is 18.0 Å². The first-order chi connectivity index (χ1) is 8.56. The second-order valence-corrected chi connectivity index (χ2v) is 4.62. The maximum absolute atomic E-state index is 10.7. The Hall–Kier alpha value is -1.10. The highest BCUT2D eigenvalue weighted by Crippen LogP contribution is 2.34. The standard InChI is InChI=1S/C14H23NO3/c1-11(2)14(16,10-15)12-6-4-5-7-13(12)18-9-8-17-3/h4-7,11,16H,8-10,15H2,1-3H3. The van der Waals surface area contributed by atoms with Crippen LogP contribution >= 0.6 is 0 Å². The van der Waals surface area contributed by atoms with Crippen LogP contribution in [0.2, 0.25) is 0 Å². The fourth-order valence-electron chi connectivity index (χ4n) is 1.84. The highest BCUT2D eigenvalue weighted by atomic mass is 16.5. The highest BCUT2D eigenvalue weighted by Gasteiger charge is 2.34. The number of para-hydroxylation sites is 1. The zero-order valence-corrected chi connectivity index (χ0v) is 11.3. The Morgan fingerprint density at radius 3 is 2.50 bits per heavy atom. The van der Waals surface area contributed by atoms with Gasteiger partial charge in [-0.25, -0.2) is 0 Å². The van der Waals surface area contributed by atoms with E-state index in [0.717, 1.165) is 5.56 Å². The van der Waals surface area contributed by atoms with E-state index in [2.05, 4.69) is 0 Å². The van der Waals surface area contributed by atoms with Crippen LogP contribution < -0.4 is 10.5 Å². The second-order valence-electron chi connectivity index (χ2n) is 4.62. The van der Waals surface area contributed by atoms with Crippen LogP contribution in [-0.2, 0) is 10.3 Å². The summed E-state index contributed by atoms with van der Waals surface area (Å²) in [5.74, 6) is 0.672. The molecule has 3 N–H and O–H groups in total. The van der Waals surface area contributed by atoms with Crippen molar-refractivity contribution < 1.29 is 14.6 Å². The van der Waals surface area contributed by atoms with Crippen molar-refractivity contribution in [2.45, 2.75) is 19.4 Å². The Morgan fingerprint density at radius 1 is 1.28 bits per heavy atom. The topological polar surface area (TPSA) is 64.7 Å². The summed E-state index contributed by atoms with van der Waals surface area (Å²) in [6, 6.07) is 7.45. The maximum atomic E-state index is 10.7. The van der Waals surface area contributed by atoms with Crippen molar-refractivity contribution in [3.63, 3.8) is 0 Å². The van der Waals surface area contributed by atoms with Crippen molar-refractivity contribution >= 4 is 0 Å². The minimum Gasteiger partial charge on any atom is -0.491 e. The number of aliphatic hydroxyl groups is 1. The number of hydrogen-bond donors (Lipinski definition) is 2. The van der Waals surface area contributed by atoms with Crippen LogP contribution in [0.5, 0.6) is 5.75 Å². The van der Waals surface area contributed by atoms with Gasteiger partial charge in [0.15, 0.2) is 0 Å². The van der Waals surface area contributed by atoms with Crippen LogP contribution in [0.1, 0.15) is 19.4 Å². The molecule has 18 heavy (non-hydrogen) atoms. The molecule has 0 radical (unpaired) electrons. The van der Waals surface area contributed by atoms with Crippen LogP contribution in [-0.4, -0.2) is 32.0 Å². The van der Waals surface area contributed by atoms with Gasteiger partial charge in [-0.05, 0) is 12.0 Å². The molecule has 1 aromatic rings. The van der Waals surface area contributed by atoms with E-state index in [1.807, 2.05) is 38.1 Å². The van der Waals surface area contributed by atoms with Gasteiger partial charge in [-0.15, -0.1) is 0 Å². The molecule has 0 aliphatic carbocycles. The molecule has 0 saturated carbocycles. The minimum atomic E-state index is -1.07. The molecule has 0 heterocycles. The fraction of sp³-hybridized carbons (Fsp3) is 0.571.